The molecule has 0 aliphatic heterocycles. The minimum absolute atomic E-state index is 0.121. The molecule has 0 spiro atoms. The van der Waals surface area contributed by atoms with Crippen molar-refractivity contribution in [3.05, 3.63) is 29.8 Å². The van der Waals surface area contributed by atoms with E-state index in [0.717, 1.165) is 5.56 Å². The van der Waals surface area contributed by atoms with Gasteiger partial charge in [-0.3, -0.25) is 9.59 Å². The standard InChI is InChI=1S/C17H26IN3O4/c1-10(2)14(19-4)16(23)20-11(3)15(22)21-13-7-5-12(6-8-13)9-25-17(18)24/h5-8,10-11,14,17,19,24H,9H2,1-4H3,(H,20,23)(H,21,22)/t11-,14-,17?/m0/s1. The lowest BCUT2D eigenvalue weighted by Gasteiger charge is -2.22. The zero-order valence-electron chi connectivity index (χ0n) is 14.9. The van der Waals surface area contributed by atoms with Crippen LogP contribution in [-0.2, 0) is 20.9 Å². The van der Waals surface area contributed by atoms with E-state index in [9.17, 15) is 9.59 Å². The van der Waals surface area contributed by atoms with Gasteiger partial charge in [-0.2, -0.15) is 0 Å². The molecule has 1 rings (SSSR count). The first-order valence-electron chi connectivity index (χ1n) is 8.05. The Balaban J connectivity index is 2.55. The number of aliphatic hydroxyl groups is 1. The Morgan fingerprint density at radius 3 is 2.24 bits per heavy atom. The molecule has 7 nitrogen and oxygen atoms in total. The number of aliphatic hydroxyl groups excluding tert-OH is 1. The summed E-state index contributed by atoms with van der Waals surface area (Å²) in [6, 6.07) is 6.09. The van der Waals surface area contributed by atoms with Crippen molar-refractivity contribution >= 4 is 40.1 Å². The molecule has 1 aromatic carbocycles. The molecule has 0 aliphatic rings. The fraction of sp³-hybridized carbons (Fsp3) is 0.529. The van der Waals surface area contributed by atoms with E-state index in [1.165, 1.54) is 0 Å². The summed E-state index contributed by atoms with van der Waals surface area (Å²) in [5, 5.41) is 17.5. The maximum Gasteiger partial charge on any atom is 0.246 e. The average molecular weight is 463 g/mol. The number of benzene rings is 1. The molecule has 4 N–H and O–H groups in total. The van der Waals surface area contributed by atoms with Crippen LogP contribution in [0.1, 0.15) is 26.3 Å². The Morgan fingerprint density at radius 1 is 1.16 bits per heavy atom. The third-order valence-corrected chi connectivity index (χ3v) is 3.98. The monoisotopic (exact) mass is 463 g/mol. The van der Waals surface area contributed by atoms with E-state index >= 15 is 0 Å². The van der Waals surface area contributed by atoms with Gasteiger partial charge < -0.3 is 25.8 Å². The lowest BCUT2D eigenvalue weighted by Crippen LogP contribution is -2.51. The van der Waals surface area contributed by atoms with Gasteiger partial charge in [-0.15, -0.1) is 0 Å². The summed E-state index contributed by atoms with van der Waals surface area (Å²) < 4.78 is 4.23. The SMILES string of the molecule is CN[C@H](C(=O)N[C@@H](C)C(=O)Nc1ccc(COC(O)I)cc1)C(C)C. The minimum atomic E-state index is -0.853. The van der Waals surface area contributed by atoms with Gasteiger partial charge in [0.25, 0.3) is 0 Å². The Morgan fingerprint density at radius 2 is 1.76 bits per heavy atom. The van der Waals surface area contributed by atoms with Gasteiger partial charge in [-0.1, -0.05) is 26.0 Å². The molecule has 0 bridgehead atoms. The first-order chi connectivity index (χ1) is 11.7. The van der Waals surface area contributed by atoms with Crippen molar-refractivity contribution in [2.75, 3.05) is 12.4 Å². The van der Waals surface area contributed by atoms with E-state index in [0.29, 0.717) is 5.69 Å². The van der Waals surface area contributed by atoms with Crippen LogP contribution >= 0.6 is 22.6 Å². The summed E-state index contributed by atoms with van der Waals surface area (Å²) >= 11 is 1.76. The van der Waals surface area contributed by atoms with E-state index in [1.807, 2.05) is 13.8 Å². The van der Waals surface area contributed by atoms with Crippen molar-refractivity contribution < 1.29 is 19.4 Å². The predicted molar refractivity (Wildman–Crippen MR) is 105 cm³/mol. The van der Waals surface area contributed by atoms with Crippen LogP contribution in [0.15, 0.2) is 24.3 Å². The van der Waals surface area contributed by atoms with E-state index < -0.39 is 10.3 Å². The number of rotatable bonds is 9. The van der Waals surface area contributed by atoms with Crippen LogP contribution in [0, 0.1) is 5.92 Å². The normalized spacial score (nSPS) is 14.7. The highest BCUT2D eigenvalue weighted by molar-refractivity contribution is 14.1. The number of alkyl halides is 1. The third-order valence-electron chi connectivity index (χ3n) is 3.62. The van der Waals surface area contributed by atoms with Crippen molar-refractivity contribution in [2.24, 2.45) is 5.92 Å². The summed E-state index contributed by atoms with van der Waals surface area (Å²) in [6.07, 6.45) is 0. The lowest BCUT2D eigenvalue weighted by molar-refractivity contribution is -0.128. The quantitative estimate of drug-likeness (QED) is 0.253. The molecule has 0 fully saturated rings. The summed E-state index contributed by atoms with van der Waals surface area (Å²) in [7, 11) is 1.72. The van der Waals surface area contributed by atoms with Gasteiger partial charge in [-0.05, 0) is 60.2 Å². The maximum absolute atomic E-state index is 12.2. The molecule has 2 amide bonds. The fourth-order valence-corrected chi connectivity index (χ4v) is 2.42. The largest absolute Gasteiger partial charge is 0.360 e. The molecule has 1 unspecified atom stereocenters. The van der Waals surface area contributed by atoms with Crippen LogP contribution in [-0.4, -0.2) is 40.3 Å². The topological polar surface area (TPSA) is 99.7 Å². The van der Waals surface area contributed by atoms with Crippen LogP contribution in [0.2, 0.25) is 0 Å². The number of halogens is 1. The van der Waals surface area contributed by atoms with Gasteiger partial charge in [0.2, 0.25) is 16.1 Å². The first-order valence-corrected chi connectivity index (χ1v) is 9.30. The first kappa shape index (κ1) is 21.8. The predicted octanol–water partition coefficient (Wildman–Crippen LogP) is 1.60. The molecule has 0 aromatic heterocycles. The molecule has 0 heterocycles. The molecule has 3 atom stereocenters. The number of likely N-dealkylation sites (N-methyl/N-ethyl adjacent to an activating group) is 1. The van der Waals surface area contributed by atoms with Crippen LogP contribution in [0.25, 0.3) is 0 Å². The second-order valence-electron chi connectivity index (χ2n) is 6.03. The van der Waals surface area contributed by atoms with E-state index in [-0.39, 0.29) is 30.4 Å². The highest BCUT2D eigenvalue weighted by Gasteiger charge is 2.23. The summed E-state index contributed by atoms with van der Waals surface area (Å²) in [4.78, 5) is 24.4. The number of anilines is 1. The van der Waals surface area contributed by atoms with Crippen LogP contribution in [0.3, 0.4) is 0 Å². The van der Waals surface area contributed by atoms with Crippen LogP contribution in [0.5, 0.6) is 0 Å². The molecular weight excluding hydrogens is 437 g/mol. The van der Waals surface area contributed by atoms with Crippen molar-refractivity contribution in [2.45, 2.75) is 43.8 Å². The van der Waals surface area contributed by atoms with Gasteiger partial charge in [-0.25, -0.2) is 0 Å². The second kappa shape index (κ2) is 10.7. The van der Waals surface area contributed by atoms with E-state index in [4.69, 9.17) is 9.84 Å². The van der Waals surface area contributed by atoms with Crippen molar-refractivity contribution in [1.82, 2.24) is 10.6 Å². The molecule has 0 aliphatic carbocycles. The number of carbonyl (C=O) groups is 2. The highest BCUT2D eigenvalue weighted by Crippen LogP contribution is 2.12. The van der Waals surface area contributed by atoms with Gasteiger partial charge in [0.1, 0.15) is 6.04 Å². The average Bonchev–Trinajstić information content (AvgIpc) is 2.54. The van der Waals surface area contributed by atoms with Crippen molar-refractivity contribution in [3.8, 4) is 0 Å². The number of carbonyl (C=O) groups excluding carboxylic acids is 2. The Kier molecular flexibility index (Phi) is 9.33. The van der Waals surface area contributed by atoms with Crippen molar-refractivity contribution in [1.29, 1.82) is 0 Å². The lowest BCUT2D eigenvalue weighted by atomic mass is 10.0. The van der Waals surface area contributed by atoms with Gasteiger partial charge in [0.15, 0.2) is 0 Å². The zero-order valence-corrected chi connectivity index (χ0v) is 17.0. The number of ether oxygens (including phenoxy) is 1. The molecule has 0 saturated carbocycles. The third kappa shape index (κ3) is 7.68. The van der Waals surface area contributed by atoms with Crippen LogP contribution < -0.4 is 16.0 Å². The second-order valence-corrected chi connectivity index (χ2v) is 7.10. The Labute approximate surface area is 162 Å². The van der Waals surface area contributed by atoms with Crippen molar-refractivity contribution in [3.63, 3.8) is 0 Å². The molecule has 140 valence electrons. The maximum atomic E-state index is 12.2. The number of amides is 2. The Bertz CT molecular complexity index is 564. The van der Waals surface area contributed by atoms with E-state index in [2.05, 4.69) is 16.0 Å². The molecule has 1 aromatic rings. The molecule has 8 heteroatoms. The summed E-state index contributed by atoms with van der Waals surface area (Å²) in [6.45, 7) is 5.80. The summed E-state index contributed by atoms with van der Waals surface area (Å²) in [5.74, 6) is -0.375. The highest BCUT2D eigenvalue weighted by atomic mass is 127. The number of nitrogens with one attached hydrogen (secondary N) is 3. The fourth-order valence-electron chi connectivity index (χ4n) is 2.24. The van der Waals surface area contributed by atoms with Gasteiger partial charge >= 0.3 is 0 Å². The van der Waals surface area contributed by atoms with E-state index in [1.54, 1.807) is 60.8 Å². The van der Waals surface area contributed by atoms with Gasteiger partial charge in [0, 0.05) is 5.69 Å². The summed E-state index contributed by atoms with van der Waals surface area (Å²) in [5.41, 5.74) is 1.50. The number of hydrogen-bond donors (Lipinski definition) is 4. The molecular formula is C17H26IN3O4. The number of hydrogen-bond acceptors (Lipinski definition) is 5. The van der Waals surface area contributed by atoms with Gasteiger partial charge in [0.05, 0.1) is 12.6 Å². The minimum Gasteiger partial charge on any atom is -0.360 e. The Hall–Kier alpha value is -1.23. The molecule has 0 radical (unpaired) electrons. The molecule has 25 heavy (non-hydrogen) atoms. The van der Waals surface area contributed by atoms with Crippen LogP contribution in [0.4, 0.5) is 5.69 Å². The smallest absolute Gasteiger partial charge is 0.246 e. The zero-order chi connectivity index (χ0) is 19.0. The molecule has 0 saturated heterocycles.